The molecular formula is C12H18N6S. The maximum atomic E-state index is 5.53. The Labute approximate surface area is 116 Å². The molecule has 0 aliphatic heterocycles. The number of aromatic nitrogens is 4. The minimum Gasteiger partial charge on any atom is -0.339 e. The number of hydrogen-bond donors (Lipinski definition) is 3. The lowest BCUT2D eigenvalue weighted by Crippen LogP contribution is -2.20. The molecule has 0 radical (unpaired) electrons. The average Bonchev–Trinajstić information content (AvgIpc) is 2.83. The van der Waals surface area contributed by atoms with Gasteiger partial charge in [0.25, 0.3) is 0 Å². The van der Waals surface area contributed by atoms with E-state index in [2.05, 4.69) is 46.1 Å². The van der Waals surface area contributed by atoms with E-state index in [1.807, 2.05) is 6.92 Å². The van der Waals surface area contributed by atoms with E-state index in [4.69, 9.17) is 5.84 Å². The lowest BCUT2D eigenvalue weighted by atomic mass is 9.95. The number of nitrogens with two attached hydrogens (primary N) is 1. The number of nitrogens with one attached hydrogen (secondary N) is 2. The highest BCUT2D eigenvalue weighted by molar-refractivity contribution is 7.99. The number of aromatic amines is 1. The molecule has 0 fully saturated rings. The van der Waals surface area contributed by atoms with Crippen LogP contribution in [0, 0.1) is 6.92 Å². The zero-order valence-electron chi connectivity index (χ0n) is 11.5. The lowest BCUT2D eigenvalue weighted by molar-refractivity contribution is 0.538. The molecule has 0 spiro atoms. The summed E-state index contributed by atoms with van der Waals surface area (Å²) in [6.07, 6.45) is 3.50. The Morgan fingerprint density at radius 1 is 1.32 bits per heavy atom. The van der Waals surface area contributed by atoms with Crippen LogP contribution >= 0.6 is 11.8 Å². The maximum absolute atomic E-state index is 5.53. The van der Waals surface area contributed by atoms with Crippen LogP contribution in [0.1, 0.15) is 32.2 Å². The molecule has 6 nitrogen and oxygen atoms in total. The first kappa shape index (κ1) is 13.8. The van der Waals surface area contributed by atoms with Gasteiger partial charge in [-0.25, -0.2) is 20.8 Å². The molecule has 0 saturated heterocycles. The second kappa shape index (κ2) is 5.18. The topological polar surface area (TPSA) is 92.5 Å². The van der Waals surface area contributed by atoms with Crippen LogP contribution in [0.3, 0.4) is 0 Å². The number of H-pyrrole nitrogens is 1. The van der Waals surface area contributed by atoms with E-state index in [9.17, 15) is 0 Å². The summed E-state index contributed by atoms with van der Waals surface area (Å²) in [6.45, 7) is 8.14. The van der Waals surface area contributed by atoms with Gasteiger partial charge < -0.3 is 10.4 Å². The fourth-order valence-corrected chi connectivity index (χ4v) is 2.28. The summed E-state index contributed by atoms with van der Waals surface area (Å²) in [5, 5.41) is 1.65. The summed E-state index contributed by atoms with van der Waals surface area (Å²) in [4.78, 5) is 16.3. The summed E-state index contributed by atoms with van der Waals surface area (Å²) in [5.74, 6) is 6.93. The molecule has 0 unspecified atom stereocenters. The summed E-state index contributed by atoms with van der Waals surface area (Å²) in [5.41, 5.74) is 3.41. The van der Waals surface area contributed by atoms with E-state index in [-0.39, 0.29) is 5.41 Å². The smallest absolute Gasteiger partial charge is 0.171 e. The van der Waals surface area contributed by atoms with Crippen LogP contribution in [-0.2, 0) is 5.41 Å². The first-order valence-electron chi connectivity index (χ1n) is 5.95. The maximum Gasteiger partial charge on any atom is 0.171 e. The highest BCUT2D eigenvalue weighted by Gasteiger charge is 2.21. The predicted octanol–water partition coefficient (Wildman–Crippen LogP) is 2.24. The molecule has 102 valence electrons. The third-order valence-corrected chi connectivity index (χ3v) is 3.58. The average molecular weight is 278 g/mol. The van der Waals surface area contributed by atoms with Crippen molar-refractivity contribution in [3.8, 4) is 0 Å². The molecule has 2 heterocycles. The van der Waals surface area contributed by atoms with E-state index in [1.165, 1.54) is 11.8 Å². The van der Waals surface area contributed by atoms with Crippen LogP contribution in [0.5, 0.6) is 0 Å². The third kappa shape index (κ3) is 3.05. The van der Waals surface area contributed by atoms with Gasteiger partial charge in [0.05, 0.1) is 0 Å². The minimum absolute atomic E-state index is 0.141. The van der Waals surface area contributed by atoms with Crippen molar-refractivity contribution in [1.29, 1.82) is 0 Å². The molecule has 2 rings (SSSR count). The highest BCUT2D eigenvalue weighted by atomic mass is 32.2. The van der Waals surface area contributed by atoms with Crippen LogP contribution in [0.15, 0.2) is 22.6 Å². The summed E-state index contributed by atoms with van der Waals surface area (Å²) in [6, 6.07) is 0. The Bertz CT molecular complexity index is 558. The second-order valence-electron chi connectivity index (χ2n) is 5.22. The van der Waals surface area contributed by atoms with E-state index in [1.54, 1.807) is 12.4 Å². The Kier molecular flexibility index (Phi) is 3.77. The quantitative estimate of drug-likeness (QED) is 0.453. The van der Waals surface area contributed by atoms with Crippen molar-refractivity contribution in [2.24, 2.45) is 5.84 Å². The van der Waals surface area contributed by atoms with Crippen molar-refractivity contribution in [2.75, 3.05) is 5.43 Å². The largest absolute Gasteiger partial charge is 0.339 e. The van der Waals surface area contributed by atoms with Gasteiger partial charge in [-0.05, 0) is 18.7 Å². The van der Waals surface area contributed by atoms with Crippen molar-refractivity contribution in [3.63, 3.8) is 0 Å². The first-order valence-corrected chi connectivity index (χ1v) is 6.76. The van der Waals surface area contributed by atoms with Crippen LogP contribution < -0.4 is 11.3 Å². The number of imidazole rings is 1. The van der Waals surface area contributed by atoms with Gasteiger partial charge in [0.1, 0.15) is 16.7 Å². The predicted molar refractivity (Wildman–Crippen MR) is 76.0 cm³/mol. The van der Waals surface area contributed by atoms with Crippen molar-refractivity contribution in [2.45, 2.75) is 43.3 Å². The standard InChI is InChI=1S/C12H18N6S/c1-7-8(18-13)16-10(12(2,3)4)17-9(7)19-11-14-5-6-15-11/h5-6H,13H2,1-4H3,(H,14,15)(H,16,17,18). The molecule has 0 amide bonds. The monoisotopic (exact) mass is 278 g/mol. The zero-order valence-corrected chi connectivity index (χ0v) is 12.3. The van der Waals surface area contributed by atoms with Gasteiger partial charge in [-0.2, -0.15) is 0 Å². The molecule has 7 heteroatoms. The van der Waals surface area contributed by atoms with Gasteiger partial charge in [-0.15, -0.1) is 0 Å². The highest BCUT2D eigenvalue weighted by Crippen LogP contribution is 2.31. The Hall–Kier alpha value is -1.60. The number of rotatable bonds is 3. The van der Waals surface area contributed by atoms with Crippen molar-refractivity contribution in [3.05, 3.63) is 23.8 Å². The van der Waals surface area contributed by atoms with Gasteiger partial charge in [0, 0.05) is 23.4 Å². The SMILES string of the molecule is Cc1c(NN)nc(C(C)(C)C)nc1Sc1ncc[nH]1. The number of hydrogen-bond acceptors (Lipinski definition) is 6. The van der Waals surface area contributed by atoms with Gasteiger partial charge in [0.2, 0.25) is 0 Å². The number of nitrogen functional groups attached to an aromatic ring is 1. The molecule has 19 heavy (non-hydrogen) atoms. The Balaban J connectivity index is 2.46. The van der Waals surface area contributed by atoms with Gasteiger partial charge >= 0.3 is 0 Å². The Morgan fingerprint density at radius 2 is 2.05 bits per heavy atom. The molecule has 0 bridgehead atoms. The van der Waals surface area contributed by atoms with Crippen molar-refractivity contribution in [1.82, 2.24) is 19.9 Å². The van der Waals surface area contributed by atoms with Gasteiger partial charge in [-0.3, -0.25) is 0 Å². The molecule has 0 saturated carbocycles. The fraction of sp³-hybridized carbons (Fsp3) is 0.417. The van der Waals surface area contributed by atoms with E-state index < -0.39 is 0 Å². The first-order chi connectivity index (χ1) is 8.91. The summed E-state index contributed by atoms with van der Waals surface area (Å²) in [7, 11) is 0. The molecule has 2 aromatic heterocycles. The van der Waals surface area contributed by atoms with Gasteiger partial charge in [0.15, 0.2) is 5.16 Å². The van der Waals surface area contributed by atoms with E-state index >= 15 is 0 Å². The van der Waals surface area contributed by atoms with Crippen LogP contribution in [-0.4, -0.2) is 19.9 Å². The van der Waals surface area contributed by atoms with Crippen molar-refractivity contribution >= 4 is 17.6 Å². The minimum atomic E-state index is -0.141. The van der Waals surface area contributed by atoms with E-state index in [0.717, 1.165) is 21.6 Å². The van der Waals surface area contributed by atoms with E-state index in [0.29, 0.717) is 5.82 Å². The number of hydrazine groups is 1. The normalized spacial score (nSPS) is 11.6. The molecule has 4 N–H and O–H groups in total. The summed E-state index contributed by atoms with van der Waals surface area (Å²) >= 11 is 1.47. The lowest BCUT2D eigenvalue weighted by Gasteiger charge is -2.19. The second-order valence-corrected chi connectivity index (χ2v) is 6.19. The molecular weight excluding hydrogens is 260 g/mol. The molecule has 2 aromatic rings. The van der Waals surface area contributed by atoms with Crippen molar-refractivity contribution < 1.29 is 0 Å². The molecule has 0 aliphatic rings. The fourth-order valence-electron chi connectivity index (χ4n) is 1.47. The zero-order chi connectivity index (χ0) is 14.0. The summed E-state index contributed by atoms with van der Waals surface area (Å²) < 4.78 is 0. The van der Waals surface area contributed by atoms with Crippen LogP contribution in [0.4, 0.5) is 5.82 Å². The molecule has 0 aromatic carbocycles. The molecule has 0 aliphatic carbocycles. The van der Waals surface area contributed by atoms with Crippen LogP contribution in [0.2, 0.25) is 0 Å². The third-order valence-electron chi connectivity index (χ3n) is 2.58. The van der Waals surface area contributed by atoms with Gasteiger partial charge in [-0.1, -0.05) is 20.8 Å². The Morgan fingerprint density at radius 3 is 2.58 bits per heavy atom. The molecule has 0 atom stereocenters. The number of nitrogens with zero attached hydrogens (tertiary/aromatic N) is 3. The number of anilines is 1. The van der Waals surface area contributed by atoms with Crippen LogP contribution in [0.25, 0.3) is 0 Å².